The normalized spacial score (nSPS) is 25.8. The number of benzene rings is 1. The predicted molar refractivity (Wildman–Crippen MR) is 91.4 cm³/mol. The van der Waals surface area contributed by atoms with Gasteiger partial charge in [0.05, 0.1) is 5.54 Å². The number of hydrogen-bond acceptors (Lipinski definition) is 4. The largest absolute Gasteiger partial charge is 0.399 e. The van der Waals surface area contributed by atoms with E-state index in [4.69, 9.17) is 22.9 Å². The van der Waals surface area contributed by atoms with Crippen molar-refractivity contribution in [1.29, 1.82) is 0 Å². The molecule has 0 spiro atoms. The van der Waals surface area contributed by atoms with Gasteiger partial charge in [-0.1, -0.05) is 48.6 Å². The summed E-state index contributed by atoms with van der Waals surface area (Å²) >= 11 is 0. The second kappa shape index (κ2) is 5.10. The van der Waals surface area contributed by atoms with E-state index in [1.165, 1.54) is 0 Å². The van der Waals surface area contributed by atoms with Crippen LogP contribution >= 0.6 is 0 Å². The fourth-order valence-electron chi connectivity index (χ4n) is 2.49. The van der Waals surface area contributed by atoms with E-state index in [9.17, 15) is 0 Å². The average molecular weight is 292 g/mol. The smallest absolute Gasteiger partial charge is 0.103 e. The van der Waals surface area contributed by atoms with E-state index >= 15 is 0 Å². The first kappa shape index (κ1) is 14.5. The van der Waals surface area contributed by atoms with Crippen molar-refractivity contribution in [2.24, 2.45) is 17.2 Å². The molecule has 4 nitrogen and oxygen atoms in total. The molecule has 0 unspecified atom stereocenters. The highest BCUT2D eigenvalue weighted by Gasteiger charge is 2.23. The molecule has 0 aromatic heterocycles. The highest BCUT2D eigenvalue weighted by atomic mass is 14.9. The Morgan fingerprint density at radius 3 is 1.59 bits per heavy atom. The zero-order valence-electron chi connectivity index (χ0n) is 12.2. The molecule has 0 aliphatic heterocycles. The average Bonchev–Trinajstić information content (AvgIpc) is 2.49. The number of nitrogens with two attached hydrogens (primary N) is 4. The summed E-state index contributed by atoms with van der Waals surface area (Å²) in [7, 11) is 0. The molecular weight excluding hydrogens is 272 g/mol. The number of anilines is 1. The van der Waals surface area contributed by atoms with Gasteiger partial charge >= 0.3 is 0 Å². The van der Waals surface area contributed by atoms with Crippen LogP contribution < -0.4 is 22.9 Å². The monoisotopic (exact) mass is 292 g/mol. The van der Waals surface area contributed by atoms with Crippen LogP contribution in [0, 0.1) is 0 Å². The van der Waals surface area contributed by atoms with Crippen molar-refractivity contribution in [3.8, 4) is 0 Å². The minimum atomic E-state index is -0.867. The molecule has 2 aliphatic carbocycles. The zero-order valence-corrected chi connectivity index (χ0v) is 12.2. The Bertz CT molecular complexity index is 697. The molecule has 1 aromatic rings. The van der Waals surface area contributed by atoms with E-state index in [1.54, 1.807) is 12.2 Å². The van der Waals surface area contributed by atoms with Gasteiger partial charge < -0.3 is 22.9 Å². The van der Waals surface area contributed by atoms with Crippen molar-refractivity contribution in [1.82, 2.24) is 0 Å². The Morgan fingerprint density at radius 1 is 0.636 bits per heavy atom. The first-order valence-electron chi connectivity index (χ1n) is 7.12. The molecule has 0 amide bonds. The van der Waals surface area contributed by atoms with Crippen LogP contribution in [0.5, 0.6) is 0 Å². The maximum absolute atomic E-state index is 6.45. The molecule has 112 valence electrons. The summed E-state index contributed by atoms with van der Waals surface area (Å²) in [6.07, 6.45) is 15.4. The van der Waals surface area contributed by atoms with E-state index in [1.807, 2.05) is 60.7 Å². The Balaban J connectivity index is 1.88. The van der Waals surface area contributed by atoms with Gasteiger partial charge in [-0.3, -0.25) is 0 Å². The summed E-state index contributed by atoms with van der Waals surface area (Å²) in [6, 6.07) is 7.60. The van der Waals surface area contributed by atoms with Gasteiger partial charge in [0.2, 0.25) is 0 Å². The number of rotatable bonds is 1. The maximum Gasteiger partial charge on any atom is 0.103 e. The summed E-state index contributed by atoms with van der Waals surface area (Å²) in [6.45, 7) is 0. The van der Waals surface area contributed by atoms with Crippen LogP contribution in [0.15, 0.2) is 84.0 Å². The molecule has 0 atom stereocenters. The summed E-state index contributed by atoms with van der Waals surface area (Å²) in [5.74, 6) is 0. The summed E-state index contributed by atoms with van der Waals surface area (Å²) in [4.78, 5) is 0. The molecule has 8 N–H and O–H groups in total. The number of hydrogen-bond donors (Lipinski definition) is 4. The van der Waals surface area contributed by atoms with Gasteiger partial charge in [0.15, 0.2) is 0 Å². The molecule has 0 saturated carbocycles. The Hall–Kier alpha value is -2.40. The van der Waals surface area contributed by atoms with E-state index in [0.29, 0.717) is 0 Å². The van der Waals surface area contributed by atoms with E-state index in [-0.39, 0.29) is 0 Å². The van der Waals surface area contributed by atoms with Gasteiger partial charge in [-0.05, 0) is 41.0 Å². The zero-order chi connectivity index (χ0) is 15.8. The lowest BCUT2D eigenvalue weighted by molar-refractivity contribution is 0.688. The molecule has 22 heavy (non-hydrogen) atoms. The predicted octanol–water partition coefficient (Wildman–Crippen LogP) is 1.59. The number of nitrogen functional groups attached to an aromatic ring is 1. The standard InChI is InChI=1S/C18H20N4/c19-16-3-1-15(2-4-16)17(20)9-5-13(6-10-17)14-7-11-18(21,22)12-8-14/h1-12H,19-22H2. The first-order valence-corrected chi connectivity index (χ1v) is 7.12. The fraction of sp³-hybridized carbons (Fsp3) is 0.111. The molecule has 4 heteroatoms. The van der Waals surface area contributed by atoms with Crippen LogP contribution in [-0.4, -0.2) is 5.66 Å². The third-order valence-electron chi connectivity index (χ3n) is 3.92. The quantitative estimate of drug-likeness (QED) is 0.466. The molecular formula is C18H20N4. The van der Waals surface area contributed by atoms with Crippen LogP contribution in [0.3, 0.4) is 0 Å². The van der Waals surface area contributed by atoms with E-state index < -0.39 is 11.2 Å². The second-order valence-electron chi connectivity index (χ2n) is 5.80. The molecule has 1 aromatic carbocycles. The first-order chi connectivity index (χ1) is 10.4. The molecule has 3 rings (SSSR count). The maximum atomic E-state index is 6.45. The lowest BCUT2D eigenvalue weighted by atomic mass is 9.84. The molecule has 0 bridgehead atoms. The third-order valence-corrected chi connectivity index (χ3v) is 3.92. The van der Waals surface area contributed by atoms with Crippen molar-refractivity contribution in [3.63, 3.8) is 0 Å². The molecule has 0 saturated heterocycles. The van der Waals surface area contributed by atoms with Crippen LogP contribution in [0.1, 0.15) is 5.56 Å². The Labute approximate surface area is 130 Å². The van der Waals surface area contributed by atoms with Crippen molar-refractivity contribution in [2.45, 2.75) is 11.2 Å². The van der Waals surface area contributed by atoms with Crippen molar-refractivity contribution < 1.29 is 0 Å². The van der Waals surface area contributed by atoms with Crippen molar-refractivity contribution in [2.75, 3.05) is 5.73 Å². The van der Waals surface area contributed by atoms with Gasteiger partial charge in [0.25, 0.3) is 0 Å². The van der Waals surface area contributed by atoms with Crippen molar-refractivity contribution >= 4 is 5.69 Å². The SMILES string of the molecule is Nc1ccc(C2(N)C=CC(=C3C=CC(N)(N)C=C3)C=C2)cc1. The van der Waals surface area contributed by atoms with E-state index in [2.05, 4.69) is 0 Å². The van der Waals surface area contributed by atoms with Crippen LogP contribution in [-0.2, 0) is 5.54 Å². The van der Waals surface area contributed by atoms with Crippen LogP contribution in [0.2, 0.25) is 0 Å². The van der Waals surface area contributed by atoms with Crippen LogP contribution in [0.25, 0.3) is 0 Å². The van der Waals surface area contributed by atoms with Gasteiger partial charge in [-0.2, -0.15) is 0 Å². The lowest BCUT2D eigenvalue weighted by Crippen LogP contribution is -2.46. The number of allylic oxidation sites excluding steroid dienone is 6. The molecule has 0 radical (unpaired) electrons. The third kappa shape index (κ3) is 2.80. The molecule has 0 heterocycles. The second-order valence-corrected chi connectivity index (χ2v) is 5.80. The van der Waals surface area contributed by atoms with E-state index in [0.717, 1.165) is 22.4 Å². The summed E-state index contributed by atoms with van der Waals surface area (Å²) < 4.78 is 0. The highest BCUT2D eigenvalue weighted by Crippen LogP contribution is 2.29. The van der Waals surface area contributed by atoms with Gasteiger partial charge in [0.1, 0.15) is 5.66 Å². The van der Waals surface area contributed by atoms with Gasteiger partial charge in [-0.25, -0.2) is 0 Å². The minimum absolute atomic E-state index is 0.620. The van der Waals surface area contributed by atoms with Crippen molar-refractivity contribution in [3.05, 3.63) is 89.6 Å². The van der Waals surface area contributed by atoms with Gasteiger partial charge in [0, 0.05) is 5.69 Å². The van der Waals surface area contributed by atoms with Crippen LogP contribution in [0.4, 0.5) is 5.69 Å². The molecule has 2 aliphatic rings. The summed E-state index contributed by atoms with van der Waals surface area (Å²) in [5.41, 5.74) is 26.2. The lowest BCUT2D eigenvalue weighted by Gasteiger charge is -2.26. The fourth-order valence-corrected chi connectivity index (χ4v) is 2.49. The Morgan fingerprint density at radius 2 is 1.09 bits per heavy atom. The highest BCUT2D eigenvalue weighted by molar-refractivity contribution is 5.55. The topological polar surface area (TPSA) is 104 Å². The Kier molecular flexibility index (Phi) is 3.37. The molecule has 0 fully saturated rings. The minimum Gasteiger partial charge on any atom is -0.399 e. The van der Waals surface area contributed by atoms with Gasteiger partial charge in [-0.15, -0.1) is 0 Å². The summed E-state index contributed by atoms with van der Waals surface area (Å²) in [5, 5.41) is 0.